The summed E-state index contributed by atoms with van der Waals surface area (Å²) in [6.07, 6.45) is 2.88. The van der Waals surface area contributed by atoms with E-state index in [9.17, 15) is 12.8 Å². The molecule has 0 bridgehead atoms. The molecule has 2 heterocycles. The minimum absolute atomic E-state index is 0.0549. The van der Waals surface area contributed by atoms with Crippen LogP contribution in [0.2, 0.25) is 0 Å². The zero-order valence-electron chi connectivity index (χ0n) is 14.2. The first kappa shape index (κ1) is 18.0. The summed E-state index contributed by atoms with van der Waals surface area (Å²) < 4.78 is 44.8. The number of sulfonamides is 1. The van der Waals surface area contributed by atoms with Gasteiger partial charge in [-0.05, 0) is 43.5 Å². The van der Waals surface area contributed by atoms with Crippen LogP contribution in [-0.2, 0) is 10.0 Å². The molecule has 0 atom stereocenters. The average Bonchev–Trinajstić information content (AvgIpc) is 3.11. The van der Waals surface area contributed by atoms with Gasteiger partial charge in [-0.25, -0.2) is 17.1 Å². The maximum atomic E-state index is 13.0. The topological polar surface area (TPSA) is 76.3 Å². The molecule has 136 valence electrons. The van der Waals surface area contributed by atoms with Gasteiger partial charge in [-0.1, -0.05) is 13.3 Å². The Balaban J connectivity index is 1.63. The van der Waals surface area contributed by atoms with E-state index >= 15 is 0 Å². The Labute approximate surface area is 147 Å². The van der Waals surface area contributed by atoms with Crippen LogP contribution in [-0.4, -0.2) is 41.8 Å². The monoisotopic (exact) mass is 367 g/mol. The van der Waals surface area contributed by atoms with Crippen molar-refractivity contribution in [3.8, 4) is 11.5 Å². The average molecular weight is 367 g/mol. The van der Waals surface area contributed by atoms with E-state index in [0.717, 1.165) is 6.42 Å². The van der Waals surface area contributed by atoms with E-state index in [0.29, 0.717) is 49.7 Å². The van der Waals surface area contributed by atoms with E-state index in [4.69, 9.17) is 4.42 Å². The van der Waals surface area contributed by atoms with E-state index in [1.165, 1.54) is 12.1 Å². The third-order valence-corrected chi connectivity index (χ3v) is 6.44. The van der Waals surface area contributed by atoms with Gasteiger partial charge in [0.15, 0.2) is 0 Å². The van der Waals surface area contributed by atoms with Gasteiger partial charge in [-0.2, -0.15) is 0 Å². The van der Waals surface area contributed by atoms with Crippen molar-refractivity contribution < 1.29 is 17.2 Å². The highest BCUT2D eigenvalue weighted by molar-refractivity contribution is 7.89. The molecule has 0 unspecified atom stereocenters. The van der Waals surface area contributed by atoms with Crippen LogP contribution in [0, 0.1) is 5.82 Å². The zero-order valence-corrected chi connectivity index (χ0v) is 15.0. The molecule has 0 saturated carbocycles. The highest BCUT2D eigenvalue weighted by Crippen LogP contribution is 2.30. The van der Waals surface area contributed by atoms with Gasteiger partial charge < -0.3 is 4.42 Å². The number of nitrogens with zero attached hydrogens (tertiary/aromatic N) is 3. The summed E-state index contributed by atoms with van der Waals surface area (Å²) >= 11 is 0. The third-order valence-electron chi connectivity index (χ3n) is 4.48. The van der Waals surface area contributed by atoms with Gasteiger partial charge in [0, 0.05) is 24.6 Å². The van der Waals surface area contributed by atoms with Gasteiger partial charge >= 0.3 is 0 Å². The number of aromatic nitrogens is 2. The lowest BCUT2D eigenvalue weighted by Crippen LogP contribution is -2.39. The Kier molecular flexibility index (Phi) is 5.48. The largest absolute Gasteiger partial charge is 0.420 e. The fourth-order valence-corrected chi connectivity index (χ4v) is 4.62. The first-order chi connectivity index (χ1) is 12.0. The quantitative estimate of drug-likeness (QED) is 0.784. The number of halogens is 1. The maximum absolute atomic E-state index is 13.0. The molecule has 0 spiro atoms. The molecule has 1 aliphatic rings. The lowest BCUT2D eigenvalue weighted by atomic mass is 9.98. The molecule has 0 aliphatic carbocycles. The lowest BCUT2D eigenvalue weighted by molar-refractivity contribution is 0.291. The van der Waals surface area contributed by atoms with E-state index in [1.807, 2.05) is 6.92 Å². The normalized spacial score (nSPS) is 17.0. The summed E-state index contributed by atoms with van der Waals surface area (Å²) in [5.74, 6) is 0.820. The molecule has 6 nitrogen and oxygen atoms in total. The van der Waals surface area contributed by atoms with Crippen LogP contribution < -0.4 is 0 Å². The van der Waals surface area contributed by atoms with Crippen LogP contribution >= 0.6 is 0 Å². The highest BCUT2D eigenvalue weighted by atomic mass is 32.2. The summed E-state index contributed by atoms with van der Waals surface area (Å²) in [5, 5.41) is 8.13. The number of benzene rings is 1. The molecule has 0 amide bonds. The van der Waals surface area contributed by atoms with Crippen molar-refractivity contribution in [2.24, 2.45) is 0 Å². The van der Waals surface area contributed by atoms with Gasteiger partial charge in [0.25, 0.3) is 0 Å². The van der Waals surface area contributed by atoms with Crippen LogP contribution in [0.15, 0.2) is 28.7 Å². The molecule has 2 aromatic rings. The van der Waals surface area contributed by atoms with Gasteiger partial charge in [0.1, 0.15) is 5.82 Å². The van der Waals surface area contributed by atoms with Crippen molar-refractivity contribution in [3.63, 3.8) is 0 Å². The third kappa shape index (κ3) is 4.24. The van der Waals surface area contributed by atoms with Crippen molar-refractivity contribution in [2.75, 3.05) is 18.8 Å². The fourth-order valence-electron chi connectivity index (χ4n) is 2.95. The van der Waals surface area contributed by atoms with Gasteiger partial charge in [0.2, 0.25) is 21.8 Å². The number of piperidine rings is 1. The van der Waals surface area contributed by atoms with Crippen LogP contribution in [0.25, 0.3) is 11.5 Å². The predicted molar refractivity (Wildman–Crippen MR) is 91.9 cm³/mol. The van der Waals surface area contributed by atoms with E-state index in [2.05, 4.69) is 10.2 Å². The Morgan fingerprint density at radius 3 is 2.52 bits per heavy atom. The van der Waals surface area contributed by atoms with E-state index in [-0.39, 0.29) is 17.5 Å². The Bertz CT molecular complexity index is 797. The second kappa shape index (κ2) is 7.61. The van der Waals surface area contributed by atoms with Gasteiger partial charge in [-0.3, -0.25) is 0 Å². The first-order valence-electron chi connectivity index (χ1n) is 8.57. The number of unbranched alkanes of at least 4 members (excludes halogenated alkanes) is 1. The maximum Gasteiger partial charge on any atom is 0.247 e. The molecule has 0 N–H and O–H groups in total. The highest BCUT2D eigenvalue weighted by Gasteiger charge is 2.30. The molecule has 1 aromatic heterocycles. The molecule has 1 saturated heterocycles. The number of rotatable bonds is 6. The number of hydrogen-bond acceptors (Lipinski definition) is 5. The summed E-state index contributed by atoms with van der Waals surface area (Å²) in [6.45, 7) is 2.94. The molecular weight excluding hydrogens is 345 g/mol. The zero-order chi connectivity index (χ0) is 17.9. The van der Waals surface area contributed by atoms with Crippen molar-refractivity contribution in [2.45, 2.75) is 38.5 Å². The van der Waals surface area contributed by atoms with Crippen molar-refractivity contribution in [1.82, 2.24) is 14.5 Å². The van der Waals surface area contributed by atoms with E-state index in [1.54, 1.807) is 16.4 Å². The Hall–Kier alpha value is -1.80. The van der Waals surface area contributed by atoms with Crippen LogP contribution in [0.1, 0.15) is 44.4 Å². The van der Waals surface area contributed by atoms with E-state index < -0.39 is 10.0 Å². The minimum atomic E-state index is -3.16. The standard InChI is InChI=1S/C17H22FN3O3S/c1-2-3-12-25(22,23)21-10-8-14(9-11-21)17-20-19-16(24-17)13-4-6-15(18)7-5-13/h4-7,14H,2-3,8-12H2,1H3. The minimum Gasteiger partial charge on any atom is -0.420 e. The number of hydrogen-bond donors (Lipinski definition) is 0. The molecule has 0 radical (unpaired) electrons. The molecule has 25 heavy (non-hydrogen) atoms. The second-order valence-corrected chi connectivity index (χ2v) is 8.38. The van der Waals surface area contributed by atoms with Crippen LogP contribution in [0.4, 0.5) is 4.39 Å². The Morgan fingerprint density at radius 2 is 1.88 bits per heavy atom. The smallest absolute Gasteiger partial charge is 0.247 e. The van der Waals surface area contributed by atoms with Crippen molar-refractivity contribution in [1.29, 1.82) is 0 Å². The SMILES string of the molecule is CCCCS(=O)(=O)N1CCC(c2nnc(-c3ccc(F)cc3)o2)CC1. The summed E-state index contributed by atoms with van der Waals surface area (Å²) in [5.41, 5.74) is 0.666. The summed E-state index contributed by atoms with van der Waals surface area (Å²) in [7, 11) is -3.16. The van der Waals surface area contributed by atoms with Crippen LogP contribution in [0.5, 0.6) is 0 Å². The van der Waals surface area contributed by atoms with Gasteiger partial charge in [-0.15, -0.1) is 10.2 Å². The van der Waals surface area contributed by atoms with Crippen molar-refractivity contribution in [3.05, 3.63) is 36.0 Å². The molecule has 3 rings (SSSR count). The summed E-state index contributed by atoms with van der Waals surface area (Å²) in [6, 6.07) is 5.88. The summed E-state index contributed by atoms with van der Waals surface area (Å²) in [4.78, 5) is 0. The molecule has 1 aliphatic heterocycles. The van der Waals surface area contributed by atoms with Crippen LogP contribution in [0.3, 0.4) is 0 Å². The predicted octanol–water partition coefficient (Wildman–Crippen LogP) is 3.19. The molecular formula is C17H22FN3O3S. The Morgan fingerprint density at radius 1 is 1.20 bits per heavy atom. The first-order valence-corrected chi connectivity index (χ1v) is 10.2. The molecule has 1 fully saturated rings. The lowest BCUT2D eigenvalue weighted by Gasteiger charge is -2.29. The second-order valence-electron chi connectivity index (χ2n) is 6.30. The molecule has 8 heteroatoms. The molecule has 1 aromatic carbocycles. The van der Waals surface area contributed by atoms with Crippen molar-refractivity contribution >= 4 is 10.0 Å². The van der Waals surface area contributed by atoms with Gasteiger partial charge in [0.05, 0.1) is 5.75 Å². The fraction of sp³-hybridized carbons (Fsp3) is 0.529.